The summed E-state index contributed by atoms with van der Waals surface area (Å²) in [6.45, 7) is 0. The lowest BCUT2D eigenvalue weighted by molar-refractivity contribution is -0.141. The summed E-state index contributed by atoms with van der Waals surface area (Å²) in [5, 5.41) is 11.8. The molecule has 0 saturated heterocycles. The molecule has 0 aromatic rings. The Bertz CT molecular complexity index is 338. The fourth-order valence-corrected chi connectivity index (χ4v) is 2.73. The standard InChI is InChI=1S/C13H19NO3/c15-12(7-9-3-1-2-4-9)14-11-6-5-10(8-11)13(16)17/h1,3,9-11H,2,4-8H2,(H,14,15)(H,16,17). The van der Waals surface area contributed by atoms with Gasteiger partial charge in [0.15, 0.2) is 0 Å². The SMILES string of the molecule is O=C(CC1C=CCC1)NC1CCC(C(=O)O)C1. The minimum atomic E-state index is -0.736. The van der Waals surface area contributed by atoms with E-state index in [4.69, 9.17) is 5.11 Å². The molecule has 0 spiro atoms. The quantitative estimate of drug-likeness (QED) is 0.731. The third-order valence-electron chi connectivity index (χ3n) is 3.71. The van der Waals surface area contributed by atoms with Crippen molar-refractivity contribution in [3.63, 3.8) is 0 Å². The van der Waals surface area contributed by atoms with Crippen LogP contribution in [-0.4, -0.2) is 23.0 Å². The van der Waals surface area contributed by atoms with Crippen molar-refractivity contribution in [2.24, 2.45) is 11.8 Å². The van der Waals surface area contributed by atoms with Gasteiger partial charge in [0.25, 0.3) is 0 Å². The number of carboxylic acids is 1. The Morgan fingerprint density at radius 1 is 1.29 bits per heavy atom. The second kappa shape index (κ2) is 5.34. The first-order valence-corrected chi connectivity index (χ1v) is 6.34. The number of carbonyl (C=O) groups excluding carboxylic acids is 1. The number of nitrogens with one attached hydrogen (secondary N) is 1. The molecule has 0 aromatic carbocycles. The lowest BCUT2D eigenvalue weighted by atomic mass is 10.0. The number of rotatable bonds is 4. The van der Waals surface area contributed by atoms with Gasteiger partial charge in [0.1, 0.15) is 0 Å². The molecule has 2 rings (SSSR count). The Labute approximate surface area is 101 Å². The van der Waals surface area contributed by atoms with E-state index in [0.717, 1.165) is 19.3 Å². The average molecular weight is 237 g/mol. The van der Waals surface area contributed by atoms with Crippen molar-refractivity contribution in [2.45, 2.75) is 44.6 Å². The van der Waals surface area contributed by atoms with Gasteiger partial charge >= 0.3 is 5.97 Å². The molecule has 3 unspecified atom stereocenters. The van der Waals surface area contributed by atoms with Crippen molar-refractivity contribution in [2.75, 3.05) is 0 Å². The van der Waals surface area contributed by atoms with Gasteiger partial charge in [-0.1, -0.05) is 12.2 Å². The lowest BCUT2D eigenvalue weighted by Crippen LogP contribution is -2.34. The topological polar surface area (TPSA) is 66.4 Å². The van der Waals surface area contributed by atoms with Crippen LogP contribution in [0.1, 0.15) is 38.5 Å². The van der Waals surface area contributed by atoms with Crippen molar-refractivity contribution in [1.29, 1.82) is 0 Å². The third kappa shape index (κ3) is 3.32. The molecule has 1 saturated carbocycles. The van der Waals surface area contributed by atoms with Crippen LogP contribution in [0, 0.1) is 11.8 Å². The maximum atomic E-state index is 11.7. The first-order chi connectivity index (χ1) is 8.15. The zero-order valence-electron chi connectivity index (χ0n) is 9.89. The average Bonchev–Trinajstić information content (AvgIpc) is 2.88. The molecule has 4 heteroatoms. The lowest BCUT2D eigenvalue weighted by Gasteiger charge is -2.14. The van der Waals surface area contributed by atoms with Crippen LogP contribution in [-0.2, 0) is 9.59 Å². The molecule has 0 heterocycles. The molecular formula is C13H19NO3. The van der Waals surface area contributed by atoms with Gasteiger partial charge in [0.05, 0.1) is 5.92 Å². The number of amides is 1. The minimum Gasteiger partial charge on any atom is -0.481 e. The van der Waals surface area contributed by atoms with E-state index in [1.807, 2.05) is 0 Å². The number of hydrogen-bond donors (Lipinski definition) is 2. The van der Waals surface area contributed by atoms with Crippen LogP contribution in [0.3, 0.4) is 0 Å². The zero-order valence-corrected chi connectivity index (χ0v) is 9.89. The predicted molar refractivity (Wildman–Crippen MR) is 63.4 cm³/mol. The van der Waals surface area contributed by atoms with Gasteiger partial charge in [-0.05, 0) is 38.0 Å². The molecule has 2 aliphatic carbocycles. The molecule has 3 atom stereocenters. The summed E-state index contributed by atoms with van der Waals surface area (Å²) in [5.74, 6) is -0.559. The summed E-state index contributed by atoms with van der Waals surface area (Å²) in [7, 11) is 0. The highest BCUT2D eigenvalue weighted by atomic mass is 16.4. The second-order valence-corrected chi connectivity index (χ2v) is 5.08. The van der Waals surface area contributed by atoms with Crippen molar-refractivity contribution >= 4 is 11.9 Å². The van der Waals surface area contributed by atoms with Crippen molar-refractivity contribution in [1.82, 2.24) is 5.32 Å². The van der Waals surface area contributed by atoms with Gasteiger partial charge in [-0.2, -0.15) is 0 Å². The van der Waals surface area contributed by atoms with Crippen molar-refractivity contribution < 1.29 is 14.7 Å². The van der Waals surface area contributed by atoms with E-state index in [0.29, 0.717) is 25.2 Å². The monoisotopic (exact) mass is 237 g/mol. The predicted octanol–water partition coefficient (Wildman–Crippen LogP) is 1.71. The van der Waals surface area contributed by atoms with Gasteiger partial charge in [-0.3, -0.25) is 9.59 Å². The largest absolute Gasteiger partial charge is 0.481 e. The van der Waals surface area contributed by atoms with E-state index in [9.17, 15) is 9.59 Å². The van der Waals surface area contributed by atoms with Crippen LogP contribution in [0.5, 0.6) is 0 Å². The van der Waals surface area contributed by atoms with Gasteiger partial charge in [-0.25, -0.2) is 0 Å². The fourth-order valence-electron chi connectivity index (χ4n) is 2.73. The summed E-state index contributed by atoms with van der Waals surface area (Å²) in [4.78, 5) is 22.5. The second-order valence-electron chi connectivity index (χ2n) is 5.08. The normalized spacial score (nSPS) is 31.6. The Morgan fingerprint density at radius 3 is 2.71 bits per heavy atom. The van der Waals surface area contributed by atoms with E-state index in [1.165, 1.54) is 0 Å². The third-order valence-corrected chi connectivity index (χ3v) is 3.71. The molecule has 0 radical (unpaired) electrons. The number of hydrogen-bond acceptors (Lipinski definition) is 2. The summed E-state index contributed by atoms with van der Waals surface area (Å²) in [5.41, 5.74) is 0. The van der Waals surface area contributed by atoms with Crippen LogP contribution in [0.25, 0.3) is 0 Å². The Kier molecular flexibility index (Phi) is 3.82. The van der Waals surface area contributed by atoms with Crippen LogP contribution in [0.2, 0.25) is 0 Å². The smallest absolute Gasteiger partial charge is 0.306 e. The van der Waals surface area contributed by atoms with E-state index < -0.39 is 5.97 Å². The first-order valence-electron chi connectivity index (χ1n) is 6.34. The van der Waals surface area contributed by atoms with E-state index in [1.54, 1.807) is 0 Å². The van der Waals surface area contributed by atoms with Crippen LogP contribution < -0.4 is 5.32 Å². The van der Waals surface area contributed by atoms with Crippen molar-refractivity contribution in [3.8, 4) is 0 Å². The van der Waals surface area contributed by atoms with Crippen LogP contribution >= 0.6 is 0 Å². The highest BCUT2D eigenvalue weighted by molar-refractivity contribution is 5.77. The van der Waals surface area contributed by atoms with Crippen LogP contribution in [0.4, 0.5) is 0 Å². The number of carbonyl (C=O) groups is 2. The maximum Gasteiger partial charge on any atom is 0.306 e. The highest BCUT2D eigenvalue weighted by Crippen LogP contribution is 2.26. The molecule has 0 bridgehead atoms. The van der Waals surface area contributed by atoms with Gasteiger partial charge in [-0.15, -0.1) is 0 Å². The van der Waals surface area contributed by atoms with Crippen molar-refractivity contribution in [3.05, 3.63) is 12.2 Å². The summed E-state index contributed by atoms with van der Waals surface area (Å²) in [6, 6.07) is 0.0639. The molecule has 1 amide bonds. The summed E-state index contributed by atoms with van der Waals surface area (Å²) in [6.07, 6.45) is 8.97. The highest BCUT2D eigenvalue weighted by Gasteiger charge is 2.30. The maximum absolute atomic E-state index is 11.7. The molecule has 94 valence electrons. The first kappa shape index (κ1) is 12.1. The van der Waals surface area contributed by atoms with E-state index >= 15 is 0 Å². The van der Waals surface area contributed by atoms with E-state index in [-0.39, 0.29) is 17.9 Å². The summed E-state index contributed by atoms with van der Waals surface area (Å²) < 4.78 is 0. The minimum absolute atomic E-state index is 0.0639. The van der Waals surface area contributed by atoms with E-state index in [2.05, 4.69) is 17.5 Å². The number of carboxylic acid groups (broad SMARTS) is 1. The number of aliphatic carboxylic acids is 1. The van der Waals surface area contributed by atoms with Gasteiger partial charge in [0.2, 0.25) is 5.91 Å². The Balaban J connectivity index is 1.72. The molecule has 1 fully saturated rings. The summed E-state index contributed by atoms with van der Waals surface area (Å²) >= 11 is 0. The zero-order chi connectivity index (χ0) is 12.3. The molecule has 17 heavy (non-hydrogen) atoms. The molecule has 2 N–H and O–H groups in total. The molecule has 0 aliphatic heterocycles. The van der Waals surface area contributed by atoms with Gasteiger partial charge in [0, 0.05) is 12.5 Å². The molecule has 4 nitrogen and oxygen atoms in total. The van der Waals surface area contributed by atoms with Gasteiger partial charge < -0.3 is 10.4 Å². The Morgan fingerprint density at radius 2 is 2.12 bits per heavy atom. The molecule has 0 aromatic heterocycles. The Hall–Kier alpha value is -1.32. The number of allylic oxidation sites excluding steroid dienone is 2. The fraction of sp³-hybridized carbons (Fsp3) is 0.692. The molecule has 2 aliphatic rings. The molecular weight excluding hydrogens is 218 g/mol. The van der Waals surface area contributed by atoms with Crippen LogP contribution in [0.15, 0.2) is 12.2 Å².